The van der Waals surface area contributed by atoms with E-state index in [1.165, 1.54) is 0 Å². The number of aryl methyl sites for hydroxylation is 1. The molecule has 1 N–H and O–H groups in total. The number of rotatable bonds is 9. The number of nitrogens with zero attached hydrogens (tertiary/aromatic N) is 2. The van der Waals surface area contributed by atoms with Crippen LogP contribution in [0, 0.1) is 0 Å². The number of hydrogen-bond donors (Lipinski definition) is 1. The molecule has 0 aliphatic rings. The van der Waals surface area contributed by atoms with Gasteiger partial charge in [0.1, 0.15) is 0 Å². The molecule has 0 atom stereocenters. The molecule has 0 radical (unpaired) electrons. The van der Waals surface area contributed by atoms with E-state index in [4.69, 9.17) is 14.2 Å². The molecular weight excluding hydrogens is 362 g/mol. The minimum Gasteiger partial charge on any atom is -0.490 e. The number of aromatic nitrogens is 2. The third-order valence-electron chi connectivity index (χ3n) is 3.68. The standard InChI is InChI=1S/C20H27N3O5/c1-6-23-12-15(18(22-23)20(25)28-13(4)5)21-19(24)14-9-10-16(26-7-2)17(11-14)27-8-3/h9-13H,6-8H2,1-5H3,(H,21,24). The average molecular weight is 389 g/mol. The Morgan fingerprint density at radius 1 is 1.11 bits per heavy atom. The quantitative estimate of drug-likeness (QED) is 0.660. The van der Waals surface area contributed by atoms with Crippen molar-refractivity contribution in [2.45, 2.75) is 47.3 Å². The second kappa shape index (κ2) is 9.77. The summed E-state index contributed by atoms with van der Waals surface area (Å²) in [7, 11) is 0. The minimum atomic E-state index is -0.584. The molecule has 0 unspecified atom stereocenters. The number of nitrogens with one attached hydrogen (secondary N) is 1. The van der Waals surface area contributed by atoms with Crippen LogP contribution in [0.5, 0.6) is 11.5 Å². The van der Waals surface area contributed by atoms with Crippen molar-refractivity contribution in [2.75, 3.05) is 18.5 Å². The van der Waals surface area contributed by atoms with Crippen LogP contribution in [0.15, 0.2) is 24.4 Å². The van der Waals surface area contributed by atoms with Gasteiger partial charge in [-0.15, -0.1) is 0 Å². The maximum atomic E-state index is 12.7. The highest BCUT2D eigenvalue weighted by Crippen LogP contribution is 2.29. The first-order valence-electron chi connectivity index (χ1n) is 9.38. The molecule has 0 saturated carbocycles. The van der Waals surface area contributed by atoms with Crippen LogP contribution in [-0.2, 0) is 11.3 Å². The van der Waals surface area contributed by atoms with Gasteiger partial charge in [-0.05, 0) is 52.8 Å². The van der Waals surface area contributed by atoms with Gasteiger partial charge in [0.05, 0.1) is 25.0 Å². The van der Waals surface area contributed by atoms with Crippen LogP contribution in [-0.4, -0.2) is 41.0 Å². The highest BCUT2D eigenvalue weighted by molar-refractivity contribution is 6.07. The number of carbonyl (C=O) groups is 2. The molecule has 1 aromatic heterocycles. The fourth-order valence-corrected chi connectivity index (χ4v) is 2.48. The molecule has 0 aliphatic heterocycles. The molecule has 1 heterocycles. The Bertz CT molecular complexity index is 829. The van der Waals surface area contributed by atoms with Crippen molar-refractivity contribution in [3.8, 4) is 11.5 Å². The first kappa shape index (κ1) is 21.3. The number of carbonyl (C=O) groups excluding carboxylic acids is 2. The molecule has 1 amide bonds. The minimum absolute atomic E-state index is 0.0693. The van der Waals surface area contributed by atoms with E-state index >= 15 is 0 Å². The predicted octanol–water partition coefficient (Wildman–Crippen LogP) is 3.52. The van der Waals surface area contributed by atoms with Crippen LogP contribution in [0.1, 0.15) is 55.5 Å². The number of anilines is 1. The summed E-state index contributed by atoms with van der Waals surface area (Å²) in [6.07, 6.45) is 1.31. The highest BCUT2D eigenvalue weighted by atomic mass is 16.5. The Morgan fingerprint density at radius 3 is 2.39 bits per heavy atom. The topological polar surface area (TPSA) is 91.7 Å². The Hall–Kier alpha value is -3.03. The van der Waals surface area contributed by atoms with E-state index in [2.05, 4.69) is 10.4 Å². The van der Waals surface area contributed by atoms with E-state index in [1.807, 2.05) is 20.8 Å². The smallest absolute Gasteiger partial charge is 0.361 e. The lowest BCUT2D eigenvalue weighted by molar-refractivity contribution is 0.0371. The maximum Gasteiger partial charge on any atom is 0.361 e. The molecule has 0 saturated heterocycles. The van der Waals surface area contributed by atoms with Gasteiger partial charge in [-0.1, -0.05) is 0 Å². The van der Waals surface area contributed by atoms with Crippen molar-refractivity contribution in [3.05, 3.63) is 35.7 Å². The van der Waals surface area contributed by atoms with Gasteiger partial charge in [0.25, 0.3) is 5.91 Å². The Morgan fingerprint density at radius 2 is 1.79 bits per heavy atom. The number of amides is 1. The number of ether oxygens (including phenoxy) is 3. The number of esters is 1. The number of benzene rings is 1. The molecule has 8 heteroatoms. The summed E-state index contributed by atoms with van der Waals surface area (Å²) in [6, 6.07) is 4.94. The molecule has 2 rings (SSSR count). The van der Waals surface area contributed by atoms with Crippen LogP contribution in [0.2, 0.25) is 0 Å². The van der Waals surface area contributed by atoms with E-state index in [0.717, 1.165) is 0 Å². The van der Waals surface area contributed by atoms with Crippen LogP contribution < -0.4 is 14.8 Å². The summed E-state index contributed by atoms with van der Waals surface area (Å²) < 4.78 is 17.9. The molecule has 2 aromatic rings. The van der Waals surface area contributed by atoms with Gasteiger partial charge in [-0.25, -0.2) is 4.79 Å². The lowest BCUT2D eigenvalue weighted by Crippen LogP contribution is -2.17. The predicted molar refractivity (Wildman–Crippen MR) is 105 cm³/mol. The van der Waals surface area contributed by atoms with Crippen molar-refractivity contribution in [2.24, 2.45) is 0 Å². The van der Waals surface area contributed by atoms with E-state index in [0.29, 0.717) is 42.5 Å². The van der Waals surface area contributed by atoms with Crippen molar-refractivity contribution < 1.29 is 23.8 Å². The summed E-state index contributed by atoms with van der Waals surface area (Å²) in [4.78, 5) is 25.0. The second-order valence-corrected chi connectivity index (χ2v) is 6.18. The lowest BCUT2D eigenvalue weighted by Gasteiger charge is -2.12. The van der Waals surface area contributed by atoms with Gasteiger partial charge >= 0.3 is 5.97 Å². The SMILES string of the molecule is CCOc1ccc(C(=O)Nc2cn(CC)nc2C(=O)OC(C)C)cc1OCC. The lowest BCUT2D eigenvalue weighted by atomic mass is 10.2. The molecule has 152 valence electrons. The van der Waals surface area contributed by atoms with Gasteiger partial charge < -0.3 is 19.5 Å². The van der Waals surface area contributed by atoms with E-state index in [1.54, 1.807) is 42.9 Å². The molecule has 0 spiro atoms. The fraction of sp³-hybridized carbons (Fsp3) is 0.450. The molecule has 28 heavy (non-hydrogen) atoms. The largest absolute Gasteiger partial charge is 0.490 e. The zero-order valence-electron chi connectivity index (χ0n) is 16.9. The van der Waals surface area contributed by atoms with Gasteiger partial charge in [0, 0.05) is 18.3 Å². The Kier molecular flexibility index (Phi) is 7.43. The average Bonchev–Trinajstić information content (AvgIpc) is 3.06. The molecule has 1 aromatic carbocycles. The van der Waals surface area contributed by atoms with Crippen molar-refractivity contribution >= 4 is 17.6 Å². The van der Waals surface area contributed by atoms with E-state index < -0.39 is 11.9 Å². The van der Waals surface area contributed by atoms with Gasteiger partial charge in [-0.3, -0.25) is 9.48 Å². The monoisotopic (exact) mass is 389 g/mol. The summed E-state index contributed by atoms with van der Waals surface area (Å²) in [5.74, 6) is 0.0825. The first-order chi connectivity index (χ1) is 13.4. The van der Waals surface area contributed by atoms with E-state index in [9.17, 15) is 9.59 Å². The van der Waals surface area contributed by atoms with Crippen molar-refractivity contribution in [1.29, 1.82) is 0 Å². The van der Waals surface area contributed by atoms with Crippen LogP contribution in [0.25, 0.3) is 0 Å². The van der Waals surface area contributed by atoms with Gasteiger partial charge in [-0.2, -0.15) is 5.10 Å². The molecule has 8 nitrogen and oxygen atoms in total. The zero-order chi connectivity index (χ0) is 20.7. The van der Waals surface area contributed by atoms with E-state index in [-0.39, 0.29) is 11.8 Å². The third kappa shape index (κ3) is 5.25. The maximum absolute atomic E-state index is 12.7. The van der Waals surface area contributed by atoms with Gasteiger partial charge in [0.2, 0.25) is 0 Å². The van der Waals surface area contributed by atoms with Crippen LogP contribution in [0.4, 0.5) is 5.69 Å². The Balaban J connectivity index is 2.28. The molecule has 0 fully saturated rings. The summed E-state index contributed by atoms with van der Waals surface area (Å²) >= 11 is 0. The molecule has 0 aliphatic carbocycles. The Labute approximate surface area is 164 Å². The second-order valence-electron chi connectivity index (χ2n) is 6.18. The molecule has 0 bridgehead atoms. The summed E-state index contributed by atoms with van der Waals surface area (Å²) in [5, 5.41) is 6.93. The first-order valence-corrected chi connectivity index (χ1v) is 9.38. The third-order valence-corrected chi connectivity index (χ3v) is 3.68. The van der Waals surface area contributed by atoms with Crippen molar-refractivity contribution in [3.63, 3.8) is 0 Å². The summed E-state index contributed by atoms with van der Waals surface area (Å²) in [6.45, 7) is 10.6. The van der Waals surface area contributed by atoms with Crippen molar-refractivity contribution in [1.82, 2.24) is 9.78 Å². The highest BCUT2D eigenvalue weighted by Gasteiger charge is 2.22. The molecular formula is C20H27N3O5. The fourth-order valence-electron chi connectivity index (χ4n) is 2.48. The summed E-state index contributed by atoms with van der Waals surface area (Å²) in [5.41, 5.74) is 0.739. The van der Waals surface area contributed by atoms with Gasteiger partial charge in [0.15, 0.2) is 17.2 Å². The van der Waals surface area contributed by atoms with Crippen LogP contribution in [0.3, 0.4) is 0 Å². The van der Waals surface area contributed by atoms with Crippen LogP contribution >= 0.6 is 0 Å². The zero-order valence-corrected chi connectivity index (χ0v) is 16.9. The number of hydrogen-bond acceptors (Lipinski definition) is 6. The normalized spacial score (nSPS) is 10.6.